The van der Waals surface area contributed by atoms with Gasteiger partial charge in [0.05, 0.1) is 0 Å². The van der Waals surface area contributed by atoms with Crippen molar-refractivity contribution in [2.24, 2.45) is 5.92 Å². The van der Waals surface area contributed by atoms with Gasteiger partial charge in [0.25, 0.3) is 0 Å². The van der Waals surface area contributed by atoms with Crippen LogP contribution in [0, 0.1) is 19.8 Å². The van der Waals surface area contributed by atoms with E-state index in [1.54, 1.807) is 0 Å². The molecule has 0 aliphatic heterocycles. The van der Waals surface area contributed by atoms with Crippen LogP contribution in [0.15, 0.2) is 6.07 Å². The molecule has 0 spiro atoms. The van der Waals surface area contributed by atoms with Gasteiger partial charge in [-0.3, -0.25) is 0 Å². The fraction of sp³-hybridized carbons (Fsp3) is 0.733. The molecule has 2 rings (SSSR count). The van der Waals surface area contributed by atoms with E-state index in [0.29, 0.717) is 11.5 Å². The minimum absolute atomic E-state index is 0.418. The van der Waals surface area contributed by atoms with Crippen LogP contribution >= 0.6 is 0 Å². The van der Waals surface area contributed by atoms with E-state index in [-0.39, 0.29) is 0 Å². The van der Waals surface area contributed by atoms with Gasteiger partial charge >= 0.3 is 0 Å². The second kappa shape index (κ2) is 4.49. The second-order valence-electron chi connectivity index (χ2n) is 6.11. The van der Waals surface area contributed by atoms with E-state index in [4.69, 9.17) is 0 Å². The molecule has 0 atom stereocenters. The first kappa shape index (κ1) is 12.7. The average molecular weight is 234 g/mol. The van der Waals surface area contributed by atoms with Crippen molar-refractivity contribution in [3.63, 3.8) is 0 Å². The lowest BCUT2D eigenvalue weighted by atomic mass is 10.0. The first-order valence-corrected chi connectivity index (χ1v) is 6.82. The monoisotopic (exact) mass is 234 g/mol. The van der Waals surface area contributed by atoms with Crippen molar-refractivity contribution >= 4 is 0 Å². The number of nitrogens with zero attached hydrogens (tertiary/aromatic N) is 1. The molecule has 1 aliphatic carbocycles. The van der Waals surface area contributed by atoms with E-state index >= 15 is 0 Å². The Balaban J connectivity index is 2.18. The van der Waals surface area contributed by atoms with Crippen LogP contribution in [-0.2, 0) is 13.0 Å². The summed E-state index contributed by atoms with van der Waals surface area (Å²) in [6.45, 7) is 10.2. The van der Waals surface area contributed by atoms with Crippen LogP contribution in [0.2, 0.25) is 0 Å². The molecular weight excluding hydrogens is 208 g/mol. The van der Waals surface area contributed by atoms with Gasteiger partial charge in [-0.2, -0.15) is 0 Å². The fourth-order valence-corrected chi connectivity index (χ4v) is 2.73. The van der Waals surface area contributed by atoms with Crippen LogP contribution in [0.3, 0.4) is 0 Å². The third-order valence-electron chi connectivity index (χ3n) is 4.14. The number of hydrogen-bond acceptors (Lipinski definition) is 1. The van der Waals surface area contributed by atoms with E-state index in [1.165, 1.54) is 36.2 Å². The first-order chi connectivity index (χ1) is 7.97. The summed E-state index contributed by atoms with van der Waals surface area (Å²) in [4.78, 5) is 0. The molecule has 0 amide bonds. The Kier molecular flexibility index (Phi) is 3.35. The number of hydrogen-bond donors (Lipinski definition) is 1. The molecule has 0 radical (unpaired) electrons. The van der Waals surface area contributed by atoms with Crippen molar-refractivity contribution < 1.29 is 0 Å². The van der Waals surface area contributed by atoms with E-state index in [0.717, 1.165) is 6.54 Å². The highest BCUT2D eigenvalue weighted by atomic mass is 15.0. The zero-order chi connectivity index (χ0) is 12.6. The van der Waals surface area contributed by atoms with Crippen molar-refractivity contribution in [3.8, 4) is 0 Å². The average Bonchev–Trinajstić information content (AvgIpc) is 2.99. The van der Waals surface area contributed by atoms with Gasteiger partial charge in [0.1, 0.15) is 0 Å². The molecule has 1 aromatic rings. The lowest BCUT2D eigenvalue weighted by Crippen LogP contribution is -2.29. The summed E-state index contributed by atoms with van der Waals surface area (Å²) in [5.41, 5.74) is 4.84. The predicted octanol–water partition coefficient (Wildman–Crippen LogP) is 3.06. The Morgan fingerprint density at radius 1 is 1.35 bits per heavy atom. The summed E-state index contributed by atoms with van der Waals surface area (Å²) in [6, 6.07) is 2.38. The van der Waals surface area contributed by atoms with Crippen LogP contribution < -0.4 is 5.32 Å². The van der Waals surface area contributed by atoms with Gasteiger partial charge in [-0.15, -0.1) is 0 Å². The third kappa shape index (κ3) is 2.57. The minimum Gasteiger partial charge on any atom is -0.349 e. The molecule has 96 valence electrons. The molecule has 0 bridgehead atoms. The summed E-state index contributed by atoms with van der Waals surface area (Å²) in [6.07, 6.45) is 3.86. The molecule has 1 aromatic heterocycles. The van der Waals surface area contributed by atoms with Crippen LogP contribution in [0.5, 0.6) is 0 Å². The highest BCUT2D eigenvalue weighted by molar-refractivity contribution is 5.30. The van der Waals surface area contributed by atoms with Crippen molar-refractivity contribution in [1.82, 2.24) is 9.88 Å². The van der Waals surface area contributed by atoms with Gasteiger partial charge in [0, 0.05) is 23.5 Å². The molecule has 0 unspecified atom stereocenters. The zero-order valence-corrected chi connectivity index (χ0v) is 11.9. The van der Waals surface area contributed by atoms with Gasteiger partial charge in [0.15, 0.2) is 0 Å². The summed E-state index contributed by atoms with van der Waals surface area (Å²) in [7, 11) is 2.10. The van der Waals surface area contributed by atoms with Crippen LogP contribution in [0.4, 0.5) is 0 Å². The zero-order valence-electron chi connectivity index (χ0n) is 11.9. The molecule has 17 heavy (non-hydrogen) atoms. The van der Waals surface area contributed by atoms with Gasteiger partial charge in [-0.1, -0.05) is 13.8 Å². The van der Waals surface area contributed by atoms with Crippen molar-refractivity contribution in [2.45, 2.75) is 59.0 Å². The molecule has 0 saturated heterocycles. The lowest BCUT2D eigenvalue weighted by Gasteiger charge is -2.15. The largest absolute Gasteiger partial charge is 0.349 e. The van der Waals surface area contributed by atoms with Crippen molar-refractivity contribution in [1.29, 1.82) is 0 Å². The van der Waals surface area contributed by atoms with Crippen molar-refractivity contribution in [2.75, 3.05) is 7.05 Å². The second-order valence-corrected chi connectivity index (χ2v) is 6.11. The van der Waals surface area contributed by atoms with E-state index < -0.39 is 0 Å². The number of rotatable bonds is 5. The highest BCUT2D eigenvalue weighted by Gasteiger charge is 2.41. The summed E-state index contributed by atoms with van der Waals surface area (Å²) < 4.78 is 2.48. The van der Waals surface area contributed by atoms with Crippen molar-refractivity contribution in [3.05, 3.63) is 23.0 Å². The smallest absolute Gasteiger partial charge is 0.0247 e. The van der Waals surface area contributed by atoms with E-state index in [2.05, 4.69) is 50.7 Å². The quantitative estimate of drug-likeness (QED) is 0.828. The Bertz CT molecular complexity index is 397. The lowest BCUT2D eigenvalue weighted by molar-refractivity contribution is 0.504. The summed E-state index contributed by atoms with van der Waals surface area (Å²) in [5, 5.41) is 3.49. The molecule has 1 N–H and O–H groups in total. The SMILES string of the molecule is CNC1(Cc2cc(C)n(CC(C)C)c2C)CC1. The molecule has 0 aromatic carbocycles. The topological polar surface area (TPSA) is 17.0 Å². The standard InChI is InChI=1S/C15H26N2/c1-11(2)10-17-12(3)8-14(13(17)4)9-15(16-5)6-7-15/h8,11,16H,6-7,9-10H2,1-5H3. The first-order valence-electron chi connectivity index (χ1n) is 6.82. The number of likely N-dealkylation sites (N-methyl/N-ethyl adjacent to an activating group) is 1. The molecule has 2 nitrogen and oxygen atoms in total. The Hall–Kier alpha value is -0.760. The van der Waals surface area contributed by atoms with Gasteiger partial charge < -0.3 is 9.88 Å². The van der Waals surface area contributed by atoms with Gasteiger partial charge in [-0.25, -0.2) is 0 Å². The fourth-order valence-electron chi connectivity index (χ4n) is 2.73. The van der Waals surface area contributed by atoms with Crippen LogP contribution in [0.25, 0.3) is 0 Å². The molecule has 1 heterocycles. The maximum atomic E-state index is 3.49. The third-order valence-corrected chi connectivity index (χ3v) is 4.14. The molecular formula is C15H26N2. The summed E-state index contributed by atoms with van der Waals surface area (Å²) in [5.74, 6) is 0.715. The Labute approximate surface area is 105 Å². The number of aromatic nitrogens is 1. The molecule has 1 saturated carbocycles. The Morgan fingerprint density at radius 2 is 2.00 bits per heavy atom. The maximum Gasteiger partial charge on any atom is 0.0247 e. The highest BCUT2D eigenvalue weighted by Crippen LogP contribution is 2.39. The minimum atomic E-state index is 0.418. The summed E-state index contributed by atoms with van der Waals surface area (Å²) >= 11 is 0. The number of nitrogens with one attached hydrogen (secondary N) is 1. The maximum absolute atomic E-state index is 3.49. The normalized spacial score (nSPS) is 17.8. The van der Waals surface area contributed by atoms with E-state index in [1.807, 2.05) is 0 Å². The number of aryl methyl sites for hydroxylation is 1. The molecule has 1 fully saturated rings. The molecule has 2 heteroatoms. The molecule has 1 aliphatic rings. The Morgan fingerprint density at radius 3 is 2.47 bits per heavy atom. The van der Waals surface area contributed by atoms with E-state index in [9.17, 15) is 0 Å². The van der Waals surface area contributed by atoms with Crippen LogP contribution in [-0.4, -0.2) is 17.2 Å². The predicted molar refractivity (Wildman–Crippen MR) is 73.5 cm³/mol. The van der Waals surface area contributed by atoms with Gasteiger partial charge in [0.2, 0.25) is 0 Å². The van der Waals surface area contributed by atoms with Crippen LogP contribution in [0.1, 0.15) is 43.6 Å². The van der Waals surface area contributed by atoms with Gasteiger partial charge in [-0.05, 0) is 57.7 Å².